The number of hydrogen-bond acceptors (Lipinski definition) is 2. The quantitative estimate of drug-likeness (QED) is 0.621. The van der Waals surface area contributed by atoms with Crippen LogP contribution in [0.2, 0.25) is 0 Å². The predicted octanol–water partition coefficient (Wildman–Crippen LogP) is 2.28. The van der Waals surface area contributed by atoms with Crippen molar-refractivity contribution in [3.63, 3.8) is 0 Å². The average Bonchev–Trinajstić information content (AvgIpc) is 2.03. The van der Waals surface area contributed by atoms with E-state index < -0.39 is 0 Å². The van der Waals surface area contributed by atoms with Crippen molar-refractivity contribution in [2.45, 2.75) is 34.1 Å². The van der Waals surface area contributed by atoms with Crippen molar-refractivity contribution < 1.29 is 4.74 Å². The van der Waals surface area contributed by atoms with E-state index in [1.165, 1.54) is 0 Å². The fraction of sp³-hybridized carbons (Fsp3) is 1.00. The van der Waals surface area contributed by atoms with Gasteiger partial charge >= 0.3 is 0 Å². The van der Waals surface area contributed by atoms with Crippen molar-refractivity contribution in [1.82, 2.24) is 0 Å². The van der Waals surface area contributed by atoms with Gasteiger partial charge in [-0.3, -0.25) is 0 Å². The lowest BCUT2D eigenvalue weighted by Gasteiger charge is -2.18. The Labute approximate surface area is 82.8 Å². The first kappa shape index (κ1) is 12.9. The summed E-state index contributed by atoms with van der Waals surface area (Å²) in [5.74, 6) is 1.93. The molecule has 0 spiro atoms. The van der Waals surface area contributed by atoms with Crippen LogP contribution in [0, 0.1) is 17.8 Å². The smallest absolute Gasteiger partial charge is 0.0488 e. The van der Waals surface area contributed by atoms with Crippen LogP contribution in [0.5, 0.6) is 0 Å². The highest BCUT2D eigenvalue weighted by molar-refractivity contribution is 4.63. The minimum Gasteiger partial charge on any atom is -0.381 e. The molecule has 2 N–H and O–H groups in total. The lowest BCUT2D eigenvalue weighted by molar-refractivity contribution is 0.0934. The van der Waals surface area contributed by atoms with Crippen LogP contribution in [0.3, 0.4) is 0 Å². The molecule has 0 rings (SSSR count). The molecule has 0 aliphatic carbocycles. The first-order valence-electron chi connectivity index (χ1n) is 5.35. The van der Waals surface area contributed by atoms with E-state index in [0.29, 0.717) is 17.8 Å². The molecule has 0 bridgehead atoms. The van der Waals surface area contributed by atoms with E-state index in [1.54, 1.807) is 0 Å². The van der Waals surface area contributed by atoms with E-state index in [1.807, 2.05) is 0 Å². The van der Waals surface area contributed by atoms with Gasteiger partial charge in [-0.25, -0.2) is 0 Å². The lowest BCUT2D eigenvalue weighted by Crippen LogP contribution is -2.21. The van der Waals surface area contributed by atoms with Crippen molar-refractivity contribution in [3.05, 3.63) is 0 Å². The Morgan fingerprint density at radius 3 is 2.15 bits per heavy atom. The lowest BCUT2D eigenvalue weighted by atomic mass is 9.93. The zero-order chi connectivity index (χ0) is 10.3. The molecule has 1 unspecified atom stereocenters. The summed E-state index contributed by atoms with van der Waals surface area (Å²) in [5.41, 5.74) is 5.66. The molecule has 0 aromatic carbocycles. The Balaban J connectivity index is 3.39. The molecule has 0 amide bonds. The zero-order valence-corrected chi connectivity index (χ0v) is 9.55. The number of hydrogen-bond donors (Lipinski definition) is 1. The van der Waals surface area contributed by atoms with Gasteiger partial charge in [0.2, 0.25) is 0 Å². The number of rotatable bonds is 7. The Morgan fingerprint density at radius 1 is 1.15 bits per heavy atom. The summed E-state index contributed by atoms with van der Waals surface area (Å²) < 4.78 is 5.52. The van der Waals surface area contributed by atoms with E-state index in [9.17, 15) is 0 Å². The second kappa shape index (κ2) is 7.34. The largest absolute Gasteiger partial charge is 0.381 e. The summed E-state index contributed by atoms with van der Waals surface area (Å²) in [4.78, 5) is 0. The van der Waals surface area contributed by atoms with Crippen molar-refractivity contribution in [3.8, 4) is 0 Å². The molecule has 0 saturated carbocycles. The third-order valence-corrected chi connectivity index (χ3v) is 2.33. The van der Waals surface area contributed by atoms with Crippen LogP contribution in [0.4, 0.5) is 0 Å². The third kappa shape index (κ3) is 7.03. The van der Waals surface area contributed by atoms with Crippen molar-refractivity contribution in [2.75, 3.05) is 19.8 Å². The molecule has 0 aliphatic heterocycles. The normalized spacial score (nSPS) is 14.1. The first-order chi connectivity index (χ1) is 6.07. The summed E-state index contributed by atoms with van der Waals surface area (Å²) in [6.45, 7) is 11.3. The average molecular weight is 187 g/mol. The maximum Gasteiger partial charge on any atom is 0.0488 e. The maximum atomic E-state index is 5.66. The van der Waals surface area contributed by atoms with Gasteiger partial charge < -0.3 is 10.5 Å². The monoisotopic (exact) mass is 187 g/mol. The highest BCUT2D eigenvalue weighted by atomic mass is 16.5. The van der Waals surface area contributed by atoms with Gasteiger partial charge in [0.15, 0.2) is 0 Å². The summed E-state index contributed by atoms with van der Waals surface area (Å²) in [5, 5.41) is 0. The van der Waals surface area contributed by atoms with Gasteiger partial charge in [-0.2, -0.15) is 0 Å². The van der Waals surface area contributed by atoms with E-state index >= 15 is 0 Å². The Bertz CT molecular complexity index is 113. The first-order valence-corrected chi connectivity index (χ1v) is 5.35. The molecule has 0 heterocycles. The van der Waals surface area contributed by atoms with E-state index in [0.717, 1.165) is 26.2 Å². The minimum absolute atomic E-state index is 0.618. The van der Waals surface area contributed by atoms with Crippen LogP contribution in [0.15, 0.2) is 0 Å². The summed E-state index contributed by atoms with van der Waals surface area (Å²) in [7, 11) is 0. The van der Waals surface area contributed by atoms with Gasteiger partial charge in [-0.1, -0.05) is 27.7 Å². The summed E-state index contributed by atoms with van der Waals surface area (Å²) >= 11 is 0. The van der Waals surface area contributed by atoms with Gasteiger partial charge in [-0.05, 0) is 30.7 Å². The summed E-state index contributed by atoms with van der Waals surface area (Å²) in [6, 6.07) is 0. The minimum atomic E-state index is 0.618. The maximum absolute atomic E-state index is 5.66. The molecule has 2 heteroatoms. The van der Waals surface area contributed by atoms with E-state index in [4.69, 9.17) is 10.5 Å². The zero-order valence-electron chi connectivity index (χ0n) is 9.55. The van der Waals surface area contributed by atoms with E-state index in [2.05, 4.69) is 27.7 Å². The molecule has 0 aromatic rings. The number of ether oxygens (including phenoxy) is 1. The Kier molecular flexibility index (Phi) is 7.29. The Hall–Kier alpha value is -0.0800. The molecule has 0 fully saturated rings. The molecular formula is C11H25NO. The molecule has 0 saturated heterocycles. The van der Waals surface area contributed by atoms with Crippen LogP contribution in [0.1, 0.15) is 34.1 Å². The van der Waals surface area contributed by atoms with Gasteiger partial charge in [0.25, 0.3) is 0 Å². The van der Waals surface area contributed by atoms with Crippen LogP contribution < -0.4 is 5.73 Å². The number of nitrogens with two attached hydrogens (primary N) is 1. The molecule has 0 radical (unpaired) electrons. The highest BCUT2D eigenvalue weighted by Crippen LogP contribution is 2.13. The third-order valence-electron chi connectivity index (χ3n) is 2.33. The molecule has 80 valence electrons. The molecular weight excluding hydrogens is 162 g/mol. The summed E-state index contributed by atoms with van der Waals surface area (Å²) in [6.07, 6.45) is 1.10. The SMILES string of the molecule is CC(C)COCCC(CN)C(C)C. The molecule has 0 aromatic heterocycles. The van der Waals surface area contributed by atoms with Crippen LogP contribution in [-0.4, -0.2) is 19.8 Å². The second-order valence-corrected chi connectivity index (χ2v) is 4.50. The second-order valence-electron chi connectivity index (χ2n) is 4.50. The molecule has 2 nitrogen and oxygen atoms in total. The van der Waals surface area contributed by atoms with Gasteiger partial charge in [-0.15, -0.1) is 0 Å². The molecule has 0 aliphatic rings. The Morgan fingerprint density at radius 2 is 1.77 bits per heavy atom. The highest BCUT2D eigenvalue weighted by Gasteiger charge is 2.10. The van der Waals surface area contributed by atoms with Gasteiger partial charge in [0, 0.05) is 13.2 Å². The van der Waals surface area contributed by atoms with Crippen LogP contribution >= 0.6 is 0 Å². The topological polar surface area (TPSA) is 35.2 Å². The van der Waals surface area contributed by atoms with Crippen molar-refractivity contribution >= 4 is 0 Å². The van der Waals surface area contributed by atoms with Crippen molar-refractivity contribution in [2.24, 2.45) is 23.5 Å². The van der Waals surface area contributed by atoms with Crippen molar-refractivity contribution in [1.29, 1.82) is 0 Å². The standard InChI is InChI=1S/C11H25NO/c1-9(2)8-13-6-5-11(7-12)10(3)4/h9-11H,5-8,12H2,1-4H3. The van der Waals surface area contributed by atoms with Crippen LogP contribution in [-0.2, 0) is 4.74 Å². The predicted molar refractivity (Wildman–Crippen MR) is 57.7 cm³/mol. The van der Waals surface area contributed by atoms with Gasteiger partial charge in [0.05, 0.1) is 0 Å². The van der Waals surface area contributed by atoms with Gasteiger partial charge in [0.1, 0.15) is 0 Å². The fourth-order valence-electron chi connectivity index (χ4n) is 1.28. The molecule has 1 atom stereocenters. The van der Waals surface area contributed by atoms with E-state index in [-0.39, 0.29) is 0 Å². The fourth-order valence-corrected chi connectivity index (χ4v) is 1.28. The van der Waals surface area contributed by atoms with Crippen LogP contribution in [0.25, 0.3) is 0 Å². The molecule has 13 heavy (non-hydrogen) atoms.